The molecular weight excluding hydrogens is 438 g/mol. The number of hydrogen-bond donors (Lipinski definition) is 3. The maximum Gasteiger partial charge on any atom is 0.405 e. The van der Waals surface area contributed by atoms with E-state index in [-0.39, 0.29) is 12.3 Å². The number of aliphatic carboxylic acids is 1. The van der Waals surface area contributed by atoms with Crippen molar-refractivity contribution in [3.8, 4) is 0 Å². The van der Waals surface area contributed by atoms with E-state index in [4.69, 9.17) is 14.9 Å². The van der Waals surface area contributed by atoms with Crippen LogP contribution in [0.25, 0.3) is 0 Å². The topological polar surface area (TPSA) is 119 Å². The molecule has 34 heavy (non-hydrogen) atoms. The van der Waals surface area contributed by atoms with Crippen LogP contribution < -0.4 is 5.32 Å². The fraction of sp³-hybridized carbons (Fsp3) is 0.880. The van der Waals surface area contributed by atoms with Gasteiger partial charge in [0.05, 0.1) is 6.10 Å². The Balaban J connectivity index is -0.000000288. The van der Waals surface area contributed by atoms with Gasteiger partial charge in [0.2, 0.25) is 5.91 Å². The predicted molar refractivity (Wildman–Crippen MR) is 140 cm³/mol. The molecule has 0 aliphatic rings. The van der Waals surface area contributed by atoms with E-state index in [0.29, 0.717) is 32.0 Å². The number of carboxylic acids is 1. The number of rotatable bonds is 14. The first-order valence-electron chi connectivity index (χ1n) is 12.6. The standard InChI is InChI=1S/C13H25N3O5.C8H18O.2C2H6/c1-10(17)16(9-8-15(2)3)7-5-4-6-11(12(18)19)14-13(20)21;1-7(2)5-6-9-8(3)4;2*1-2/h11,14H,4-9H2,1-3H3,(H,18,19)(H,20,21);7-8H,5-6H2,1-4H3;2*1-2H3. The predicted octanol–water partition coefficient (Wildman–Crippen LogP) is 4.80. The Labute approximate surface area is 209 Å². The van der Waals surface area contributed by atoms with Crippen molar-refractivity contribution in [3.05, 3.63) is 0 Å². The van der Waals surface area contributed by atoms with Crippen molar-refractivity contribution in [1.82, 2.24) is 15.1 Å². The number of amides is 2. The van der Waals surface area contributed by atoms with Gasteiger partial charge in [-0.1, -0.05) is 41.5 Å². The van der Waals surface area contributed by atoms with E-state index in [0.717, 1.165) is 19.1 Å². The van der Waals surface area contributed by atoms with Crippen LogP contribution in [-0.2, 0) is 14.3 Å². The smallest absolute Gasteiger partial charge is 0.405 e. The molecule has 0 rings (SSSR count). The third-order valence-corrected chi connectivity index (χ3v) is 4.18. The largest absolute Gasteiger partial charge is 0.480 e. The Hall–Kier alpha value is -1.87. The van der Waals surface area contributed by atoms with E-state index in [9.17, 15) is 14.4 Å². The molecule has 0 aliphatic heterocycles. The van der Waals surface area contributed by atoms with Crippen LogP contribution in [0.2, 0.25) is 0 Å². The summed E-state index contributed by atoms with van der Waals surface area (Å²) < 4.78 is 5.35. The second-order valence-corrected chi connectivity index (χ2v) is 8.25. The Bertz CT molecular complexity index is 477. The van der Waals surface area contributed by atoms with Crippen LogP contribution in [0.3, 0.4) is 0 Å². The maximum atomic E-state index is 11.5. The molecule has 9 nitrogen and oxygen atoms in total. The molecule has 0 fully saturated rings. The number of carboxylic acid groups (broad SMARTS) is 2. The summed E-state index contributed by atoms with van der Waals surface area (Å²) in [4.78, 5) is 36.5. The number of hydrogen-bond acceptors (Lipinski definition) is 5. The number of carbonyl (C=O) groups is 3. The van der Waals surface area contributed by atoms with Gasteiger partial charge in [0.1, 0.15) is 6.04 Å². The number of unbranched alkanes of at least 4 members (excludes halogenated alkanes) is 1. The van der Waals surface area contributed by atoms with Crippen molar-refractivity contribution in [2.24, 2.45) is 5.92 Å². The van der Waals surface area contributed by atoms with Crippen molar-refractivity contribution in [3.63, 3.8) is 0 Å². The first-order chi connectivity index (χ1) is 15.9. The number of likely N-dealkylation sites (N-methyl/N-ethyl adjacent to an activating group) is 1. The van der Waals surface area contributed by atoms with Crippen molar-refractivity contribution >= 4 is 18.0 Å². The van der Waals surface area contributed by atoms with E-state index in [1.54, 1.807) is 4.90 Å². The third-order valence-electron chi connectivity index (χ3n) is 4.18. The molecule has 0 radical (unpaired) electrons. The molecule has 2 amide bonds. The van der Waals surface area contributed by atoms with Gasteiger partial charge < -0.3 is 30.1 Å². The van der Waals surface area contributed by atoms with Crippen LogP contribution in [0, 0.1) is 5.92 Å². The fourth-order valence-electron chi connectivity index (χ4n) is 2.34. The monoisotopic (exact) mass is 493 g/mol. The van der Waals surface area contributed by atoms with E-state index in [1.165, 1.54) is 13.3 Å². The lowest BCUT2D eigenvalue weighted by atomic mass is 10.1. The first-order valence-corrected chi connectivity index (χ1v) is 12.6. The van der Waals surface area contributed by atoms with Crippen molar-refractivity contribution in [2.75, 3.05) is 40.3 Å². The van der Waals surface area contributed by atoms with Gasteiger partial charge in [0, 0.05) is 33.2 Å². The van der Waals surface area contributed by atoms with Crippen molar-refractivity contribution in [2.45, 2.75) is 100 Å². The van der Waals surface area contributed by atoms with Gasteiger partial charge in [0.15, 0.2) is 0 Å². The zero-order valence-corrected chi connectivity index (χ0v) is 23.8. The molecule has 0 spiro atoms. The highest BCUT2D eigenvalue weighted by atomic mass is 16.5. The van der Waals surface area contributed by atoms with Crippen LogP contribution in [0.5, 0.6) is 0 Å². The number of carbonyl (C=O) groups excluding carboxylic acids is 1. The summed E-state index contributed by atoms with van der Waals surface area (Å²) in [6.45, 7) is 20.9. The van der Waals surface area contributed by atoms with Gasteiger partial charge in [-0.25, -0.2) is 9.59 Å². The highest BCUT2D eigenvalue weighted by Gasteiger charge is 2.19. The zero-order chi connectivity index (χ0) is 27.7. The molecule has 9 heteroatoms. The van der Waals surface area contributed by atoms with Crippen LogP contribution in [0.1, 0.15) is 88.0 Å². The molecule has 3 N–H and O–H groups in total. The van der Waals surface area contributed by atoms with Crippen LogP contribution in [0.4, 0.5) is 4.79 Å². The maximum absolute atomic E-state index is 11.5. The highest BCUT2D eigenvalue weighted by Crippen LogP contribution is 2.04. The average molecular weight is 494 g/mol. The summed E-state index contributed by atoms with van der Waals surface area (Å²) in [5, 5.41) is 19.4. The van der Waals surface area contributed by atoms with Crippen molar-refractivity contribution < 1.29 is 29.3 Å². The lowest BCUT2D eigenvalue weighted by Crippen LogP contribution is -2.40. The van der Waals surface area contributed by atoms with Gasteiger partial charge >= 0.3 is 12.1 Å². The summed E-state index contributed by atoms with van der Waals surface area (Å²) in [5.41, 5.74) is 0. The Morgan fingerprint density at radius 2 is 1.38 bits per heavy atom. The lowest BCUT2D eigenvalue weighted by molar-refractivity contribution is -0.139. The van der Waals surface area contributed by atoms with Crippen LogP contribution >= 0.6 is 0 Å². The summed E-state index contributed by atoms with van der Waals surface area (Å²) in [6, 6.07) is -1.10. The molecule has 0 aromatic rings. The van der Waals surface area contributed by atoms with Gasteiger partial charge in [-0.15, -0.1) is 0 Å². The first kappa shape index (κ1) is 39.3. The number of nitrogens with one attached hydrogen (secondary N) is 1. The molecule has 1 atom stereocenters. The Morgan fingerprint density at radius 1 is 0.853 bits per heavy atom. The average Bonchev–Trinajstić information content (AvgIpc) is 2.74. The quantitative estimate of drug-likeness (QED) is 0.297. The molecule has 0 bridgehead atoms. The molecule has 0 saturated heterocycles. The van der Waals surface area contributed by atoms with Gasteiger partial charge in [-0.05, 0) is 59.5 Å². The second-order valence-electron chi connectivity index (χ2n) is 8.25. The minimum atomic E-state index is -1.35. The Morgan fingerprint density at radius 3 is 1.74 bits per heavy atom. The lowest BCUT2D eigenvalue weighted by Gasteiger charge is -2.23. The van der Waals surface area contributed by atoms with E-state index >= 15 is 0 Å². The molecule has 0 aromatic carbocycles. The van der Waals surface area contributed by atoms with E-state index < -0.39 is 18.1 Å². The molecule has 1 unspecified atom stereocenters. The van der Waals surface area contributed by atoms with Gasteiger partial charge in [0.25, 0.3) is 0 Å². The fourth-order valence-corrected chi connectivity index (χ4v) is 2.34. The minimum absolute atomic E-state index is 0.0182. The summed E-state index contributed by atoms with van der Waals surface area (Å²) in [6.07, 6.45) is 1.60. The molecule has 0 heterocycles. The Kier molecular flexibility index (Phi) is 31.7. The van der Waals surface area contributed by atoms with Gasteiger partial charge in [-0.2, -0.15) is 0 Å². The summed E-state index contributed by atoms with van der Waals surface area (Å²) >= 11 is 0. The third kappa shape index (κ3) is 32.3. The molecule has 0 aliphatic carbocycles. The second kappa shape index (κ2) is 27.4. The highest BCUT2D eigenvalue weighted by molar-refractivity contribution is 5.79. The summed E-state index contributed by atoms with van der Waals surface area (Å²) in [5.74, 6) is -0.438. The molecular formula is C25H55N3O6. The molecule has 206 valence electrons. The minimum Gasteiger partial charge on any atom is -0.480 e. The normalized spacial score (nSPS) is 10.8. The van der Waals surface area contributed by atoms with E-state index in [2.05, 4.69) is 27.7 Å². The van der Waals surface area contributed by atoms with Crippen molar-refractivity contribution in [1.29, 1.82) is 0 Å². The number of ether oxygens (including phenoxy) is 1. The van der Waals surface area contributed by atoms with E-state index in [1.807, 2.05) is 52.0 Å². The zero-order valence-electron chi connectivity index (χ0n) is 23.8. The molecule has 0 aromatic heterocycles. The molecule has 0 saturated carbocycles. The number of nitrogens with zero attached hydrogens (tertiary/aromatic N) is 2. The summed E-state index contributed by atoms with van der Waals surface area (Å²) in [7, 11) is 3.85. The van der Waals surface area contributed by atoms with Gasteiger partial charge in [-0.3, -0.25) is 4.79 Å². The SMILES string of the molecule is CC.CC.CC(=O)N(CCCCC(NC(=O)O)C(=O)O)CCN(C)C.CC(C)CCOC(C)C. The van der Waals surface area contributed by atoms with Crippen LogP contribution in [0.15, 0.2) is 0 Å². The van der Waals surface area contributed by atoms with Crippen LogP contribution in [-0.4, -0.2) is 90.5 Å².